The van der Waals surface area contributed by atoms with Crippen molar-refractivity contribution in [2.75, 3.05) is 26.7 Å². The number of alkyl halides is 6. The van der Waals surface area contributed by atoms with E-state index in [9.17, 15) is 30.7 Å². The van der Waals surface area contributed by atoms with Crippen molar-refractivity contribution >= 4 is 0 Å². The normalized spacial score (nSPS) is 20.8. The topological polar surface area (TPSA) is 12.5 Å². The van der Waals surface area contributed by atoms with Gasteiger partial charge in [-0.3, -0.25) is 0 Å². The van der Waals surface area contributed by atoms with Gasteiger partial charge >= 0.3 is 12.4 Å². The summed E-state index contributed by atoms with van der Waals surface area (Å²) in [4.78, 5) is 2.08. The van der Waals surface area contributed by atoms with Gasteiger partial charge < -0.3 is 9.64 Å². The highest BCUT2D eigenvalue weighted by atomic mass is 19.4. The quantitative estimate of drug-likeness (QED) is 0.511. The molecular weight excluding hydrogens is 427 g/mol. The molecule has 1 heterocycles. The summed E-state index contributed by atoms with van der Waals surface area (Å²) in [6.07, 6.45) is -9.00. The molecule has 0 aliphatic carbocycles. The summed E-state index contributed by atoms with van der Waals surface area (Å²) < 4.78 is 96.9. The third-order valence-electron chi connectivity index (χ3n) is 5.48. The van der Waals surface area contributed by atoms with Crippen LogP contribution in [0.2, 0.25) is 0 Å². The van der Waals surface area contributed by atoms with Gasteiger partial charge in [-0.2, -0.15) is 26.3 Å². The minimum atomic E-state index is -4.89. The van der Waals surface area contributed by atoms with Gasteiger partial charge in [0.15, 0.2) is 0 Å². The molecule has 1 fully saturated rings. The molecule has 0 bridgehead atoms. The molecule has 2 aromatic carbocycles. The lowest BCUT2D eigenvalue weighted by atomic mass is 9.81. The summed E-state index contributed by atoms with van der Waals surface area (Å²) in [6, 6.07) is 7.59. The van der Waals surface area contributed by atoms with Gasteiger partial charge in [-0.15, -0.1) is 0 Å². The summed E-state index contributed by atoms with van der Waals surface area (Å²) in [5, 5.41) is 0. The molecule has 3 rings (SSSR count). The Bertz CT molecular complexity index is 845. The van der Waals surface area contributed by atoms with Crippen LogP contribution in [0.15, 0.2) is 42.5 Å². The number of hydrogen-bond acceptors (Lipinski definition) is 2. The molecule has 1 aliphatic rings. The second kappa shape index (κ2) is 9.16. The molecule has 0 radical (unpaired) electrons. The van der Waals surface area contributed by atoms with E-state index in [2.05, 4.69) is 4.90 Å². The number of benzene rings is 2. The maximum absolute atomic E-state index is 13.2. The van der Waals surface area contributed by atoms with Crippen LogP contribution in [0, 0.1) is 11.7 Å². The van der Waals surface area contributed by atoms with Crippen molar-refractivity contribution in [3.05, 3.63) is 70.5 Å². The van der Waals surface area contributed by atoms with Crippen LogP contribution in [-0.4, -0.2) is 31.6 Å². The van der Waals surface area contributed by atoms with Crippen molar-refractivity contribution in [2.45, 2.75) is 31.3 Å². The number of hydrogen-bond donors (Lipinski definition) is 0. The van der Waals surface area contributed by atoms with Crippen LogP contribution in [0.1, 0.15) is 34.6 Å². The molecule has 2 nitrogen and oxygen atoms in total. The van der Waals surface area contributed by atoms with E-state index in [1.54, 1.807) is 12.1 Å². The zero-order chi connectivity index (χ0) is 22.8. The van der Waals surface area contributed by atoms with E-state index in [1.807, 2.05) is 7.05 Å². The standard InChI is InChI=1S/C22H22F7NO/c1-30-7-6-20(15-2-4-19(23)5-3-15)16(11-30)13-31-12-14-8-17(21(24,25)26)10-18(9-14)22(27,28)29/h2-5,8-10,16,20H,6-7,11-13H2,1H3/t16-,20-/m1/s1. The number of ether oxygens (including phenoxy) is 1. The Morgan fingerprint density at radius 3 is 2.06 bits per heavy atom. The minimum Gasteiger partial charge on any atom is -0.376 e. The first-order valence-corrected chi connectivity index (χ1v) is 9.73. The van der Waals surface area contributed by atoms with Crippen molar-refractivity contribution in [2.24, 2.45) is 5.92 Å². The van der Waals surface area contributed by atoms with Crippen molar-refractivity contribution in [1.29, 1.82) is 0 Å². The molecule has 2 atom stereocenters. The molecule has 0 unspecified atom stereocenters. The van der Waals surface area contributed by atoms with Crippen molar-refractivity contribution < 1.29 is 35.5 Å². The Balaban J connectivity index is 1.73. The third-order valence-corrected chi connectivity index (χ3v) is 5.48. The van der Waals surface area contributed by atoms with E-state index in [1.165, 1.54) is 12.1 Å². The highest BCUT2D eigenvalue weighted by Gasteiger charge is 2.37. The Kier molecular flexibility index (Phi) is 6.95. The summed E-state index contributed by atoms with van der Waals surface area (Å²) in [5.41, 5.74) is -1.98. The molecule has 2 aromatic rings. The average Bonchev–Trinajstić information content (AvgIpc) is 2.67. The van der Waals surface area contributed by atoms with Gasteiger partial charge in [-0.05, 0) is 67.4 Å². The predicted octanol–water partition coefficient (Wildman–Crippen LogP) is 6.12. The van der Waals surface area contributed by atoms with Gasteiger partial charge in [-0.1, -0.05) is 12.1 Å². The lowest BCUT2D eigenvalue weighted by Crippen LogP contribution is -2.39. The zero-order valence-electron chi connectivity index (χ0n) is 16.7. The first-order valence-electron chi connectivity index (χ1n) is 9.73. The Hall–Kier alpha value is -2.13. The zero-order valence-corrected chi connectivity index (χ0v) is 16.7. The molecule has 1 aliphatic heterocycles. The third kappa shape index (κ3) is 6.20. The van der Waals surface area contributed by atoms with E-state index in [0.29, 0.717) is 18.7 Å². The summed E-state index contributed by atoms with van der Waals surface area (Å²) in [7, 11) is 1.93. The van der Waals surface area contributed by atoms with Gasteiger partial charge in [0.1, 0.15) is 5.82 Å². The number of halogens is 7. The van der Waals surface area contributed by atoms with Crippen molar-refractivity contribution in [3.63, 3.8) is 0 Å². The maximum Gasteiger partial charge on any atom is 0.416 e. The fourth-order valence-corrected chi connectivity index (χ4v) is 3.96. The van der Waals surface area contributed by atoms with Gasteiger partial charge in [-0.25, -0.2) is 4.39 Å². The summed E-state index contributed by atoms with van der Waals surface area (Å²) >= 11 is 0. The second-order valence-corrected chi connectivity index (χ2v) is 7.90. The largest absolute Gasteiger partial charge is 0.416 e. The van der Waals surface area contributed by atoms with Crippen LogP contribution in [0.5, 0.6) is 0 Å². The second-order valence-electron chi connectivity index (χ2n) is 7.90. The average molecular weight is 449 g/mol. The van der Waals surface area contributed by atoms with Gasteiger partial charge in [0, 0.05) is 12.5 Å². The van der Waals surface area contributed by atoms with Crippen LogP contribution in [-0.2, 0) is 23.7 Å². The molecule has 0 aromatic heterocycles. The van der Waals surface area contributed by atoms with Gasteiger partial charge in [0.25, 0.3) is 0 Å². The van der Waals surface area contributed by atoms with Crippen LogP contribution in [0.25, 0.3) is 0 Å². The van der Waals surface area contributed by atoms with Crippen LogP contribution < -0.4 is 0 Å². The molecule has 9 heteroatoms. The smallest absolute Gasteiger partial charge is 0.376 e. The predicted molar refractivity (Wildman–Crippen MR) is 101 cm³/mol. The first kappa shape index (κ1) is 23.5. The van der Waals surface area contributed by atoms with Crippen molar-refractivity contribution in [1.82, 2.24) is 4.90 Å². The van der Waals surface area contributed by atoms with Crippen molar-refractivity contribution in [3.8, 4) is 0 Å². The van der Waals surface area contributed by atoms with Crippen LogP contribution in [0.3, 0.4) is 0 Å². The number of piperidine rings is 1. The highest BCUT2D eigenvalue weighted by molar-refractivity contribution is 5.33. The van der Waals surface area contributed by atoms with Crippen LogP contribution in [0.4, 0.5) is 30.7 Å². The van der Waals surface area contributed by atoms with Crippen LogP contribution >= 0.6 is 0 Å². The molecule has 0 N–H and O–H groups in total. The lowest BCUT2D eigenvalue weighted by molar-refractivity contribution is -0.143. The molecule has 0 saturated carbocycles. The van der Waals surface area contributed by atoms with Gasteiger partial charge in [0.2, 0.25) is 0 Å². The monoisotopic (exact) mass is 449 g/mol. The van der Waals surface area contributed by atoms with E-state index in [-0.39, 0.29) is 42.5 Å². The Labute approximate surface area is 175 Å². The van der Waals surface area contributed by atoms with E-state index in [0.717, 1.165) is 18.5 Å². The number of rotatable bonds is 5. The van der Waals surface area contributed by atoms with Gasteiger partial charge in [0.05, 0.1) is 24.3 Å². The molecule has 0 amide bonds. The number of nitrogens with zero attached hydrogens (tertiary/aromatic N) is 1. The number of likely N-dealkylation sites (tertiary alicyclic amines) is 1. The fraction of sp³-hybridized carbons (Fsp3) is 0.455. The Morgan fingerprint density at radius 1 is 0.935 bits per heavy atom. The lowest BCUT2D eigenvalue weighted by Gasteiger charge is -2.37. The first-order chi connectivity index (χ1) is 14.4. The summed E-state index contributed by atoms with van der Waals surface area (Å²) in [6.45, 7) is 1.26. The molecular formula is C22H22F7NO. The fourth-order valence-electron chi connectivity index (χ4n) is 3.96. The maximum atomic E-state index is 13.2. The van der Waals surface area contributed by atoms with E-state index in [4.69, 9.17) is 4.74 Å². The highest BCUT2D eigenvalue weighted by Crippen LogP contribution is 2.37. The van der Waals surface area contributed by atoms with E-state index >= 15 is 0 Å². The van der Waals surface area contributed by atoms with E-state index < -0.39 is 23.5 Å². The summed E-state index contributed by atoms with van der Waals surface area (Å²) in [5.74, 6) is -0.323. The SMILES string of the molecule is CN1CC[C@H](c2ccc(F)cc2)[C@@H](COCc2cc(C(F)(F)F)cc(C(F)(F)F)c2)C1. The minimum absolute atomic E-state index is 0.0305. The molecule has 170 valence electrons. The molecule has 1 saturated heterocycles. The molecule has 31 heavy (non-hydrogen) atoms. The Morgan fingerprint density at radius 2 is 1.52 bits per heavy atom. The molecule has 0 spiro atoms.